The van der Waals surface area contributed by atoms with E-state index in [1.807, 2.05) is 0 Å². The Balaban J connectivity index is 2.91. The van der Waals surface area contributed by atoms with Gasteiger partial charge in [-0.2, -0.15) is 0 Å². The lowest BCUT2D eigenvalue weighted by atomic mass is 10.1. The number of nitrogens with two attached hydrogens (primary N) is 1. The summed E-state index contributed by atoms with van der Waals surface area (Å²) >= 11 is 0. The lowest BCUT2D eigenvalue weighted by Crippen LogP contribution is -2.34. The summed E-state index contributed by atoms with van der Waals surface area (Å²) in [5.74, 6) is 1.23. The van der Waals surface area contributed by atoms with Crippen LogP contribution in [0.2, 0.25) is 0 Å². The number of nitrogens with one attached hydrogen (secondary N) is 1. The van der Waals surface area contributed by atoms with Crippen molar-refractivity contribution < 1.29 is 8.78 Å². The van der Waals surface area contributed by atoms with Crippen LogP contribution in [0.4, 0.5) is 8.78 Å². The summed E-state index contributed by atoms with van der Waals surface area (Å²) in [7, 11) is 0. The minimum Gasteiger partial charge on any atom is -0.329 e. The van der Waals surface area contributed by atoms with Gasteiger partial charge < -0.3 is 5.73 Å². The van der Waals surface area contributed by atoms with Gasteiger partial charge in [-0.05, 0) is 24.6 Å². The monoisotopic (exact) mass is 224 g/mol. The van der Waals surface area contributed by atoms with Gasteiger partial charge in [0.1, 0.15) is 11.6 Å². The van der Waals surface area contributed by atoms with Gasteiger partial charge >= 0.3 is 0 Å². The number of hydrogen-bond donors (Lipinski definition) is 2. The smallest absolute Gasteiger partial charge is 0.126 e. The van der Waals surface area contributed by atoms with E-state index in [2.05, 4.69) is 11.2 Å². The fourth-order valence-electron chi connectivity index (χ4n) is 1.43. The quantitative estimate of drug-likeness (QED) is 0.762. The van der Waals surface area contributed by atoms with Crippen molar-refractivity contribution in [3.05, 3.63) is 35.4 Å². The largest absolute Gasteiger partial charge is 0.329 e. The fourth-order valence-corrected chi connectivity index (χ4v) is 1.43. The summed E-state index contributed by atoms with van der Waals surface area (Å²) in [4.78, 5) is 0. The summed E-state index contributed by atoms with van der Waals surface area (Å²) < 4.78 is 26.0. The Labute approximate surface area is 93.8 Å². The summed E-state index contributed by atoms with van der Waals surface area (Å²) in [5, 5.41) is 2.99. The van der Waals surface area contributed by atoms with Crippen molar-refractivity contribution in [2.45, 2.75) is 19.0 Å². The first-order valence-corrected chi connectivity index (χ1v) is 4.95. The molecule has 0 bridgehead atoms. The molecular weight excluding hydrogens is 210 g/mol. The molecule has 0 heterocycles. The van der Waals surface area contributed by atoms with Crippen LogP contribution < -0.4 is 11.1 Å². The second kappa shape index (κ2) is 5.59. The van der Waals surface area contributed by atoms with Crippen LogP contribution in [0.15, 0.2) is 18.2 Å². The van der Waals surface area contributed by atoms with Gasteiger partial charge in [0, 0.05) is 18.7 Å². The molecule has 0 aliphatic carbocycles. The van der Waals surface area contributed by atoms with E-state index in [-0.39, 0.29) is 18.6 Å². The van der Waals surface area contributed by atoms with Gasteiger partial charge in [-0.15, -0.1) is 6.42 Å². The van der Waals surface area contributed by atoms with E-state index in [9.17, 15) is 8.78 Å². The standard InChI is InChI=1S/C12H14F2N2/c1-3-8(2)16-12(7-15)9-4-10(13)6-11(14)5-9/h1,4-6,8,12,16H,7,15H2,2H3. The topological polar surface area (TPSA) is 38.0 Å². The maximum Gasteiger partial charge on any atom is 0.126 e. The summed E-state index contributed by atoms with van der Waals surface area (Å²) in [6, 6.07) is 2.76. The highest BCUT2D eigenvalue weighted by Crippen LogP contribution is 2.16. The molecule has 0 saturated carbocycles. The number of halogens is 2. The first kappa shape index (κ1) is 12.6. The van der Waals surface area contributed by atoms with Crippen molar-refractivity contribution in [3.8, 4) is 12.3 Å². The van der Waals surface area contributed by atoms with E-state index in [0.717, 1.165) is 6.07 Å². The number of hydrogen-bond acceptors (Lipinski definition) is 2. The molecule has 1 rings (SSSR count). The highest BCUT2D eigenvalue weighted by molar-refractivity contribution is 5.22. The van der Waals surface area contributed by atoms with Crippen molar-refractivity contribution in [2.75, 3.05) is 6.54 Å². The number of rotatable bonds is 4. The molecular formula is C12H14F2N2. The van der Waals surface area contributed by atoms with Crippen molar-refractivity contribution in [3.63, 3.8) is 0 Å². The molecule has 2 atom stereocenters. The molecule has 0 radical (unpaired) electrons. The summed E-state index contributed by atoms with van der Waals surface area (Å²) in [6.07, 6.45) is 5.21. The second-order valence-electron chi connectivity index (χ2n) is 3.55. The predicted octanol–water partition coefficient (Wildman–Crippen LogP) is 1.58. The van der Waals surface area contributed by atoms with Gasteiger partial charge in [0.05, 0.1) is 6.04 Å². The van der Waals surface area contributed by atoms with Gasteiger partial charge in [-0.1, -0.05) is 5.92 Å². The molecule has 2 unspecified atom stereocenters. The molecule has 1 aromatic rings. The SMILES string of the molecule is C#CC(C)NC(CN)c1cc(F)cc(F)c1. The first-order valence-electron chi connectivity index (χ1n) is 4.95. The van der Waals surface area contributed by atoms with Crippen LogP contribution in [-0.2, 0) is 0 Å². The van der Waals surface area contributed by atoms with E-state index >= 15 is 0 Å². The van der Waals surface area contributed by atoms with Crippen LogP contribution in [0.5, 0.6) is 0 Å². The van der Waals surface area contributed by atoms with Gasteiger partial charge in [0.25, 0.3) is 0 Å². The Bertz CT molecular complexity index is 378. The predicted molar refractivity (Wildman–Crippen MR) is 59.6 cm³/mol. The van der Waals surface area contributed by atoms with Crippen LogP contribution in [0.1, 0.15) is 18.5 Å². The molecule has 4 heteroatoms. The molecule has 0 aromatic heterocycles. The maximum absolute atomic E-state index is 13.0. The summed E-state index contributed by atoms with van der Waals surface area (Å²) in [6.45, 7) is 1.99. The molecule has 0 aliphatic heterocycles. The van der Waals surface area contributed by atoms with Gasteiger partial charge in [-0.25, -0.2) is 8.78 Å². The molecule has 86 valence electrons. The molecule has 1 aromatic carbocycles. The lowest BCUT2D eigenvalue weighted by Gasteiger charge is -2.19. The highest BCUT2D eigenvalue weighted by atomic mass is 19.1. The number of terminal acetylenes is 1. The Morgan fingerprint density at radius 3 is 2.38 bits per heavy atom. The summed E-state index contributed by atoms with van der Waals surface area (Å²) in [5.41, 5.74) is 5.99. The van der Waals surface area contributed by atoms with Crippen LogP contribution in [0.25, 0.3) is 0 Å². The molecule has 0 fully saturated rings. The molecule has 16 heavy (non-hydrogen) atoms. The van der Waals surface area contributed by atoms with Gasteiger partial charge in [0.2, 0.25) is 0 Å². The molecule has 0 aliphatic rings. The van der Waals surface area contributed by atoms with Crippen molar-refractivity contribution in [1.82, 2.24) is 5.32 Å². The van der Waals surface area contributed by atoms with Crippen LogP contribution in [0, 0.1) is 24.0 Å². The van der Waals surface area contributed by atoms with E-state index < -0.39 is 11.6 Å². The Morgan fingerprint density at radius 1 is 1.38 bits per heavy atom. The van der Waals surface area contributed by atoms with E-state index in [1.54, 1.807) is 6.92 Å². The average molecular weight is 224 g/mol. The minimum atomic E-state index is -0.622. The van der Waals surface area contributed by atoms with Crippen molar-refractivity contribution in [1.29, 1.82) is 0 Å². The van der Waals surface area contributed by atoms with Crippen LogP contribution in [0.3, 0.4) is 0 Å². The minimum absolute atomic E-state index is 0.208. The Morgan fingerprint density at radius 2 is 1.94 bits per heavy atom. The van der Waals surface area contributed by atoms with E-state index in [0.29, 0.717) is 5.56 Å². The average Bonchev–Trinajstić information content (AvgIpc) is 2.24. The molecule has 3 N–H and O–H groups in total. The third-order valence-corrected chi connectivity index (χ3v) is 2.22. The third kappa shape index (κ3) is 3.30. The van der Waals surface area contributed by atoms with Crippen LogP contribution >= 0.6 is 0 Å². The van der Waals surface area contributed by atoms with E-state index in [1.165, 1.54) is 12.1 Å². The Kier molecular flexibility index (Phi) is 4.41. The zero-order valence-electron chi connectivity index (χ0n) is 9.00. The fraction of sp³-hybridized carbons (Fsp3) is 0.333. The van der Waals surface area contributed by atoms with Crippen molar-refractivity contribution >= 4 is 0 Å². The Hall–Kier alpha value is -1.44. The second-order valence-corrected chi connectivity index (χ2v) is 3.55. The highest BCUT2D eigenvalue weighted by Gasteiger charge is 2.13. The normalized spacial score (nSPS) is 14.2. The zero-order chi connectivity index (χ0) is 12.1. The number of benzene rings is 1. The third-order valence-electron chi connectivity index (χ3n) is 2.22. The maximum atomic E-state index is 13.0. The lowest BCUT2D eigenvalue weighted by molar-refractivity contribution is 0.506. The van der Waals surface area contributed by atoms with Gasteiger partial charge in [0.15, 0.2) is 0 Å². The zero-order valence-corrected chi connectivity index (χ0v) is 9.00. The molecule has 2 nitrogen and oxygen atoms in total. The van der Waals surface area contributed by atoms with E-state index in [4.69, 9.17) is 12.2 Å². The first-order chi connectivity index (χ1) is 7.56. The van der Waals surface area contributed by atoms with Crippen molar-refractivity contribution in [2.24, 2.45) is 5.73 Å². The molecule has 0 saturated heterocycles. The molecule has 0 amide bonds. The van der Waals surface area contributed by atoms with Crippen LogP contribution in [-0.4, -0.2) is 12.6 Å². The van der Waals surface area contributed by atoms with Gasteiger partial charge in [-0.3, -0.25) is 5.32 Å². The molecule has 0 spiro atoms.